The second kappa shape index (κ2) is 4.67. The van der Waals surface area contributed by atoms with Gasteiger partial charge in [0.2, 0.25) is 0 Å². The molecule has 0 saturated carbocycles. The van der Waals surface area contributed by atoms with Crippen LogP contribution in [0.4, 0.5) is 0 Å². The molecule has 0 N–H and O–H groups in total. The van der Waals surface area contributed by atoms with Gasteiger partial charge < -0.3 is 4.74 Å². The zero-order chi connectivity index (χ0) is 8.97. The Morgan fingerprint density at radius 2 is 2.25 bits per heavy atom. The molecule has 1 aromatic carbocycles. The Hall–Kier alpha value is -0.280. The van der Waals surface area contributed by atoms with E-state index in [9.17, 15) is 0 Å². The van der Waals surface area contributed by atoms with E-state index in [1.54, 1.807) is 18.9 Å². The Bertz CT molecular complexity index is 261. The SMILES string of the molecule is COc1ccc(SCS)cc1C. The summed E-state index contributed by atoms with van der Waals surface area (Å²) in [5.74, 6) is 0.943. The van der Waals surface area contributed by atoms with Crippen molar-refractivity contribution in [2.45, 2.75) is 11.8 Å². The summed E-state index contributed by atoms with van der Waals surface area (Å²) in [6.45, 7) is 2.04. The van der Waals surface area contributed by atoms with Crippen molar-refractivity contribution in [3.05, 3.63) is 23.8 Å². The first-order valence-corrected chi connectivity index (χ1v) is 5.28. The summed E-state index contributed by atoms with van der Waals surface area (Å²) < 4.78 is 5.15. The normalized spacial score (nSPS) is 9.92. The predicted octanol–water partition coefficient (Wildman–Crippen LogP) is 2.98. The number of ether oxygens (including phenoxy) is 1. The van der Waals surface area contributed by atoms with Crippen molar-refractivity contribution in [1.29, 1.82) is 0 Å². The molecule has 0 fully saturated rings. The highest BCUT2D eigenvalue weighted by Crippen LogP contribution is 2.25. The van der Waals surface area contributed by atoms with E-state index < -0.39 is 0 Å². The summed E-state index contributed by atoms with van der Waals surface area (Å²) in [7, 11) is 1.69. The van der Waals surface area contributed by atoms with Crippen LogP contribution in [0, 0.1) is 6.92 Å². The van der Waals surface area contributed by atoms with Crippen LogP contribution in [0.15, 0.2) is 23.1 Å². The quantitative estimate of drug-likeness (QED) is 0.456. The summed E-state index contributed by atoms with van der Waals surface area (Å²) in [5.41, 5.74) is 1.17. The number of methoxy groups -OCH3 is 1. The van der Waals surface area contributed by atoms with E-state index in [-0.39, 0.29) is 0 Å². The first kappa shape index (κ1) is 9.81. The first-order chi connectivity index (χ1) is 5.77. The molecular weight excluding hydrogens is 188 g/mol. The van der Waals surface area contributed by atoms with Crippen LogP contribution in [0.3, 0.4) is 0 Å². The molecule has 0 aliphatic rings. The molecule has 1 nitrogen and oxygen atoms in total. The van der Waals surface area contributed by atoms with Gasteiger partial charge in [-0.2, -0.15) is 12.6 Å². The Labute approximate surface area is 82.9 Å². The van der Waals surface area contributed by atoms with Gasteiger partial charge in [-0.05, 0) is 30.7 Å². The zero-order valence-electron chi connectivity index (χ0n) is 7.20. The van der Waals surface area contributed by atoms with Gasteiger partial charge in [0.25, 0.3) is 0 Å². The maximum absolute atomic E-state index is 5.15. The second-order valence-corrected chi connectivity index (χ2v) is 4.20. The van der Waals surface area contributed by atoms with E-state index in [4.69, 9.17) is 4.74 Å². The van der Waals surface area contributed by atoms with Gasteiger partial charge in [0.1, 0.15) is 5.75 Å². The number of rotatable bonds is 3. The molecule has 0 atom stereocenters. The highest BCUT2D eigenvalue weighted by Gasteiger charge is 1.98. The van der Waals surface area contributed by atoms with Gasteiger partial charge in [0.15, 0.2) is 0 Å². The molecule has 0 amide bonds. The third-order valence-electron chi connectivity index (χ3n) is 1.60. The van der Waals surface area contributed by atoms with Crippen molar-refractivity contribution in [2.75, 3.05) is 12.2 Å². The standard InChI is InChI=1S/C9H12OS2/c1-7-5-8(12-6-11)3-4-9(7)10-2/h3-5,11H,6H2,1-2H3. The van der Waals surface area contributed by atoms with Gasteiger partial charge in [-0.3, -0.25) is 0 Å². The van der Waals surface area contributed by atoms with Gasteiger partial charge in [-0.25, -0.2) is 0 Å². The maximum atomic E-state index is 5.15. The molecule has 1 aromatic rings. The fourth-order valence-corrected chi connectivity index (χ4v) is 2.04. The lowest BCUT2D eigenvalue weighted by Gasteiger charge is -2.05. The van der Waals surface area contributed by atoms with E-state index in [0.717, 1.165) is 10.8 Å². The van der Waals surface area contributed by atoms with Gasteiger partial charge >= 0.3 is 0 Å². The zero-order valence-corrected chi connectivity index (χ0v) is 8.91. The van der Waals surface area contributed by atoms with Crippen LogP contribution >= 0.6 is 24.4 Å². The minimum Gasteiger partial charge on any atom is -0.496 e. The van der Waals surface area contributed by atoms with Crippen LogP contribution in [0.2, 0.25) is 0 Å². The first-order valence-electron chi connectivity index (χ1n) is 3.66. The number of thioether (sulfide) groups is 1. The van der Waals surface area contributed by atoms with Crippen molar-refractivity contribution >= 4 is 24.4 Å². The van der Waals surface area contributed by atoms with E-state index in [1.165, 1.54) is 10.5 Å². The Morgan fingerprint density at radius 3 is 2.75 bits per heavy atom. The molecule has 0 aliphatic heterocycles. The molecule has 0 spiro atoms. The highest BCUT2D eigenvalue weighted by molar-refractivity contribution is 8.09. The fourth-order valence-electron chi connectivity index (χ4n) is 1.02. The number of aryl methyl sites for hydroxylation is 1. The molecule has 0 unspecified atom stereocenters. The van der Waals surface area contributed by atoms with Gasteiger partial charge in [-0.1, -0.05) is 0 Å². The molecule has 0 radical (unpaired) electrons. The summed E-state index contributed by atoms with van der Waals surface area (Å²) in [4.78, 5) is 1.24. The monoisotopic (exact) mass is 200 g/mol. The Morgan fingerprint density at radius 1 is 1.50 bits per heavy atom. The van der Waals surface area contributed by atoms with Crippen LogP contribution < -0.4 is 4.74 Å². The molecule has 0 aliphatic carbocycles. The number of thiol groups is 1. The van der Waals surface area contributed by atoms with Gasteiger partial charge in [-0.15, -0.1) is 11.8 Å². The topological polar surface area (TPSA) is 9.23 Å². The number of benzene rings is 1. The summed E-state index contributed by atoms with van der Waals surface area (Å²) in [6.07, 6.45) is 0. The fraction of sp³-hybridized carbons (Fsp3) is 0.333. The molecule has 3 heteroatoms. The minimum atomic E-state index is 0.811. The van der Waals surface area contributed by atoms with E-state index in [0.29, 0.717) is 0 Å². The molecule has 0 saturated heterocycles. The third-order valence-corrected chi connectivity index (χ3v) is 2.70. The lowest BCUT2D eigenvalue weighted by molar-refractivity contribution is 0.411. The summed E-state index contributed by atoms with van der Waals surface area (Å²) in [6, 6.07) is 6.15. The van der Waals surface area contributed by atoms with Crippen LogP contribution in [0.5, 0.6) is 5.75 Å². The molecule has 0 aromatic heterocycles. The van der Waals surface area contributed by atoms with Crippen molar-refractivity contribution in [3.63, 3.8) is 0 Å². The average molecular weight is 200 g/mol. The van der Waals surface area contributed by atoms with Crippen LogP contribution in [0.25, 0.3) is 0 Å². The lowest BCUT2D eigenvalue weighted by atomic mass is 10.2. The lowest BCUT2D eigenvalue weighted by Crippen LogP contribution is -1.86. The van der Waals surface area contributed by atoms with Gasteiger partial charge in [0, 0.05) is 9.98 Å². The van der Waals surface area contributed by atoms with Gasteiger partial charge in [0.05, 0.1) is 7.11 Å². The van der Waals surface area contributed by atoms with Crippen molar-refractivity contribution in [1.82, 2.24) is 0 Å². The molecule has 12 heavy (non-hydrogen) atoms. The molecule has 1 rings (SSSR count). The molecule has 0 bridgehead atoms. The Kier molecular flexibility index (Phi) is 3.82. The molecule has 66 valence electrons. The third kappa shape index (κ3) is 2.35. The number of hydrogen-bond acceptors (Lipinski definition) is 3. The molecular formula is C9H12OS2. The second-order valence-electron chi connectivity index (χ2n) is 2.40. The van der Waals surface area contributed by atoms with Crippen molar-refractivity contribution < 1.29 is 4.74 Å². The molecule has 0 heterocycles. The van der Waals surface area contributed by atoms with Crippen molar-refractivity contribution in [3.8, 4) is 5.75 Å². The summed E-state index contributed by atoms with van der Waals surface area (Å²) >= 11 is 5.86. The van der Waals surface area contributed by atoms with E-state index in [1.807, 2.05) is 19.1 Å². The predicted molar refractivity (Wildman–Crippen MR) is 57.4 cm³/mol. The van der Waals surface area contributed by atoms with Crippen LogP contribution in [-0.2, 0) is 0 Å². The van der Waals surface area contributed by atoms with E-state index in [2.05, 4.69) is 18.7 Å². The Balaban J connectivity index is 2.86. The smallest absolute Gasteiger partial charge is 0.121 e. The number of hydrogen-bond donors (Lipinski definition) is 1. The van der Waals surface area contributed by atoms with Crippen LogP contribution in [-0.4, -0.2) is 12.2 Å². The summed E-state index contributed by atoms with van der Waals surface area (Å²) in [5, 5.41) is 0.811. The maximum Gasteiger partial charge on any atom is 0.121 e. The van der Waals surface area contributed by atoms with Crippen molar-refractivity contribution in [2.24, 2.45) is 0 Å². The average Bonchev–Trinajstić information content (AvgIpc) is 2.05. The minimum absolute atomic E-state index is 0.811. The largest absolute Gasteiger partial charge is 0.496 e. The van der Waals surface area contributed by atoms with Crippen LogP contribution in [0.1, 0.15) is 5.56 Å². The highest BCUT2D eigenvalue weighted by atomic mass is 32.2. The van der Waals surface area contributed by atoms with E-state index >= 15 is 0 Å².